The molecule has 0 aliphatic carbocycles. The van der Waals surface area contributed by atoms with Gasteiger partial charge < -0.3 is 23.9 Å². The van der Waals surface area contributed by atoms with Gasteiger partial charge >= 0.3 is 13.3 Å². The summed E-state index contributed by atoms with van der Waals surface area (Å²) in [6.45, 7) is 1.73. The first-order chi connectivity index (χ1) is 9.56. The van der Waals surface area contributed by atoms with E-state index in [0.29, 0.717) is 6.29 Å². The van der Waals surface area contributed by atoms with Gasteiger partial charge in [0.1, 0.15) is 17.9 Å². The lowest BCUT2D eigenvalue weighted by atomic mass is 9.79. The van der Waals surface area contributed by atoms with Crippen LogP contribution in [0.1, 0.15) is 25.0 Å². The normalized spacial score (nSPS) is 16.8. The number of benzene rings is 1. The van der Waals surface area contributed by atoms with Gasteiger partial charge in [-0.3, -0.25) is 0 Å². The summed E-state index contributed by atoms with van der Waals surface area (Å²) in [6, 6.07) is 2.26. The maximum atomic E-state index is 14.0. The third-order valence-corrected chi connectivity index (χ3v) is 2.79. The molecular weight excluding hydrogens is 270 g/mol. The summed E-state index contributed by atoms with van der Waals surface area (Å²) < 4.78 is 28.4. The minimum absolute atomic E-state index is 0.0704. The molecule has 106 valence electrons. The minimum atomic E-state index is -1.37. The molecule has 0 radical (unpaired) electrons. The predicted octanol–water partition coefficient (Wildman–Crippen LogP) is 0.709. The maximum absolute atomic E-state index is 14.0. The monoisotopic (exact) mass is 282 g/mol. The zero-order valence-electron chi connectivity index (χ0n) is 10.7. The highest BCUT2D eigenvalue weighted by molar-refractivity contribution is 6.61. The van der Waals surface area contributed by atoms with Gasteiger partial charge in [0.2, 0.25) is 0 Å². The highest BCUT2D eigenvalue weighted by Crippen LogP contribution is 2.30. The molecule has 0 bridgehead atoms. The van der Waals surface area contributed by atoms with Gasteiger partial charge in [0.25, 0.3) is 0 Å². The molecule has 1 aromatic carbocycles. The van der Waals surface area contributed by atoms with Crippen LogP contribution in [0.3, 0.4) is 0 Å². The Kier molecular flexibility index (Phi) is 4.36. The molecule has 1 unspecified atom stereocenters. The van der Waals surface area contributed by atoms with E-state index in [9.17, 15) is 19.0 Å². The lowest BCUT2D eigenvalue weighted by molar-refractivity contribution is -0.109. The number of rotatable bonds is 4. The van der Waals surface area contributed by atoms with E-state index in [-0.39, 0.29) is 29.8 Å². The van der Waals surface area contributed by atoms with Gasteiger partial charge in [0, 0.05) is 18.1 Å². The molecule has 1 N–H and O–H groups in total. The van der Waals surface area contributed by atoms with E-state index in [0.717, 1.165) is 6.07 Å². The number of halogens is 1. The molecule has 0 fully saturated rings. The van der Waals surface area contributed by atoms with Crippen LogP contribution in [-0.2, 0) is 14.2 Å². The third-order valence-electron chi connectivity index (χ3n) is 2.79. The summed E-state index contributed by atoms with van der Waals surface area (Å²) in [5.41, 5.74) is 0.233. The molecule has 1 aromatic rings. The van der Waals surface area contributed by atoms with Crippen LogP contribution in [0.25, 0.3) is 0 Å². The molecule has 0 spiro atoms. The lowest BCUT2D eigenvalue weighted by Crippen LogP contribution is -2.28. The van der Waals surface area contributed by atoms with Gasteiger partial charge in [-0.25, -0.2) is 9.18 Å². The van der Waals surface area contributed by atoms with Crippen LogP contribution < -0.4 is 10.2 Å². The van der Waals surface area contributed by atoms with Gasteiger partial charge in [0.15, 0.2) is 0 Å². The Morgan fingerprint density at radius 2 is 2.35 bits per heavy atom. The quantitative estimate of drug-likeness (QED) is 0.379. The Balaban J connectivity index is 2.29. The second kappa shape index (κ2) is 6.02. The smallest absolute Gasteiger partial charge is 0.434 e. The van der Waals surface area contributed by atoms with Gasteiger partial charge in [-0.2, -0.15) is 0 Å². The second-order valence-electron chi connectivity index (χ2n) is 4.07. The van der Waals surface area contributed by atoms with E-state index >= 15 is 0 Å². The Morgan fingerprint density at radius 3 is 3.00 bits per heavy atom. The molecule has 1 heterocycles. The average molecular weight is 282 g/mol. The fourth-order valence-corrected chi connectivity index (χ4v) is 2.02. The van der Waals surface area contributed by atoms with Crippen molar-refractivity contribution < 1.29 is 33.1 Å². The highest BCUT2D eigenvalue weighted by Gasteiger charge is 2.38. The van der Waals surface area contributed by atoms with Crippen molar-refractivity contribution in [2.75, 3.05) is 6.61 Å². The topological polar surface area (TPSA) is 82.1 Å². The van der Waals surface area contributed by atoms with Crippen LogP contribution >= 0.6 is 0 Å². The summed E-state index contributed by atoms with van der Waals surface area (Å²) in [7, 11) is -1.37. The molecule has 20 heavy (non-hydrogen) atoms. The van der Waals surface area contributed by atoms with E-state index in [1.807, 2.05) is 0 Å². The predicted molar refractivity (Wildman–Crippen MR) is 66.2 cm³/mol. The van der Waals surface area contributed by atoms with Gasteiger partial charge in [0.05, 0.1) is 12.7 Å². The van der Waals surface area contributed by atoms with Crippen LogP contribution in [0.2, 0.25) is 0 Å². The SMILES string of the molecule is CCOC(=O)Oc1cc(F)c2c(c1)B(O)OC2CC=O. The molecule has 0 saturated carbocycles. The van der Waals surface area contributed by atoms with Crippen molar-refractivity contribution >= 4 is 25.0 Å². The van der Waals surface area contributed by atoms with Gasteiger partial charge in [-0.15, -0.1) is 0 Å². The zero-order valence-corrected chi connectivity index (χ0v) is 10.7. The summed E-state index contributed by atoms with van der Waals surface area (Å²) in [5.74, 6) is -0.820. The van der Waals surface area contributed by atoms with Gasteiger partial charge in [-0.1, -0.05) is 0 Å². The molecule has 1 aliphatic heterocycles. The van der Waals surface area contributed by atoms with Crippen molar-refractivity contribution in [1.29, 1.82) is 0 Å². The van der Waals surface area contributed by atoms with Crippen molar-refractivity contribution in [2.24, 2.45) is 0 Å². The van der Waals surface area contributed by atoms with Crippen LogP contribution in [0, 0.1) is 5.82 Å². The number of carbonyl (C=O) groups excluding carboxylic acids is 2. The van der Waals surface area contributed by atoms with E-state index < -0.39 is 25.2 Å². The van der Waals surface area contributed by atoms with Crippen LogP contribution in [0.15, 0.2) is 12.1 Å². The molecule has 0 saturated heterocycles. The number of ether oxygens (including phenoxy) is 2. The Morgan fingerprint density at radius 1 is 1.60 bits per heavy atom. The minimum Gasteiger partial charge on any atom is -0.434 e. The number of carbonyl (C=O) groups is 2. The molecular formula is C12H12BFO6. The molecule has 2 rings (SSSR count). The number of hydrogen-bond acceptors (Lipinski definition) is 6. The Bertz CT molecular complexity index is 535. The van der Waals surface area contributed by atoms with Crippen molar-refractivity contribution in [3.63, 3.8) is 0 Å². The summed E-state index contributed by atoms with van der Waals surface area (Å²) in [4.78, 5) is 21.7. The molecule has 0 aromatic heterocycles. The van der Waals surface area contributed by atoms with Crippen molar-refractivity contribution in [3.8, 4) is 5.75 Å². The third kappa shape index (κ3) is 2.81. The van der Waals surface area contributed by atoms with E-state index in [4.69, 9.17) is 9.39 Å². The zero-order chi connectivity index (χ0) is 14.7. The number of aldehydes is 1. The largest absolute Gasteiger partial charge is 0.513 e. The van der Waals surface area contributed by atoms with Gasteiger partial charge in [-0.05, 0) is 18.5 Å². The highest BCUT2D eigenvalue weighted by atomic mass is 19.1. The van der Waals surface area contributed by atoms with Crippen LogP contribution in [0.4, 0.5) is 9.18 Å². The van der Waals surface area contributed by atoms with E-state index in [2.05, 4.69) is 4.74 Å². The number of hydrogen-bond donors (Lipinski definition) is 1. The maximum Gasteiger partial charge on any atom is 0.513 e. The first-order valence-electron chi connectivity index (χ1n) is 6.02. The first kappa shape index (κ1) is 14.5. The Labute approximate surface area is 114 Å². The molecule has 0 amide bonds. The van der Waals surface area contributed by atoms with Crippen molar-refractivity contribution in [3.05, 3.63) is 23.5 Å². The standard InChI is InChI=1S/C12H12BFO6/c1-2-18-12(16)19-7-5-8-11(9(14)6-7)10(3-4-15)20-13(8)17/h4-6,10,17H,2-3H2,1H3. The summed E-state index contributed by atoms with van der Waals surface area (Å²) in [5, 5.41) is 9.69. The van der Waals surface area contributed by atoms with Crippen molar-refractivity contribution in [1.82, 2.24) is 0 Å². The van der Waals surface area contributed by atoms with Crippen LogP contribution in [0.5, 0.6) is 5.75 Å². The molecule has 1 aliphatic rings. The Hall–Kier alpha value is -1.93. The summed E-state index contributed by atoms with van der Waals surface area (Å²) >= 11 is 0. The number of fused-ring (bicyclic) bond motifs is 1. The van der Waals surface area contributed by atoms with E-state index in [1.54, 1.807) is 6.92 Å². The van der Waals surface area contributed by atoms with Crippen LogP contribution in [-0.4, -0.2) is 31.2 Å². The second-order valence-corrected chi connectivity index (χ2v) is 4.07. The molecule has 1 atom stereocenters. The average Bonchev–Trinajstić information content (AvgIpc) is 2.67. The van der Waals surface area contributed by atoms with E-state index in [1.165, 1.54) is 6.07 Å². The molecule has 8 heteroatoms. The fourth-order valence-electron chi connectivity index (χ4n) is 2.02. The lowest BCUT2D eigenvalue weighted by Gasteiger charge is -2.10. The van der Waals surface area contributed by atoms with Crippen molar-refractivity contribution in [2.45, 2.75) is 19.4 Å². The summed E-state index contributed by atoms with van der Waals surface area (Å²) in [6.07, 6.45) is -1.30. The first-order valence-corrected chi connectivity index (χ1v) is 6.02. The fraction of sp³-hybridized carbons (Fsp3) is 0.333. The molecule has 6 nitrogen and oxygen atoms in total.